The van der Waals surface area contributed by atoms with Gasteiger partial charge in [0.15, 0.2) is 0 Å². The predicted octanol–water partition coefficient (Wildman–Crippen LogP) is 3.16. The minimum Gasteiger partial charge on any atom is -0.308 e. The van der Waals surface area contributed by atoms with Crippen LogP contribution in [0.25, 0.3) is 0 Å². The number of anilines is 1. The molecule has 7 heteroatoms. The van der Waals surface area contributed by atoms with Crippen LogP contribution in [-0.4, -0.2) is 26.5 Å². The summed E-state index contributed by atoms with van der Waals surface area (Å²) in [5, 5.41) is 7.37. The van der Waals surface area contributed by atoms with Gasteiger partial charge in [-0.3, -0.25) is 0 Å². The van der Waals surface area contributed by atoms with Gasteiger partial charge in [0, 0.05) is 16.6 Å². The number of hydrogen-bond acceptors (Lipinski definition) is 4. The van der Waals surface area contributed by atoms with Crippen molar-refractivity contribution in [3.8, 4) is 0 Å². The molecule has 4 rings (SSSR count). The molecule has 1 saturated heterocycles. The summed E-state index contributed by atoms with van der Waals surface area (Å²) in [6.45, 7) is 2.92. The second-order valence-electron chi connectivity index (χ2n) is 8.18. The van der Waals surface area contributed by atoms with Crippen molar-refractivity contribution in [1.82, 2.24) is 10.0 Å². The Morgan fingerprint density at radius 1 is 1.14 bits per heavy atom. The van der Waals surface area contributed by atoms with Crippen molar-refractivity contribution in [2.45, 2.75) is 70.3 Å². The zero-order valence-electron chi connectivity index (χ0n) is 16.4. The summed E-state index contributed by atoms with van der Waals surface area (Å²) in [6.07, 6.45) is 10.5. The molecule has 0 radical (unpaired) electrons. The lowest BCUT2D eigenvalue weighted by Crippen LogP contribution is -2.38. The van der Waals surface area contributed by atoms with E-state index in [-0.39, 0.29) is 5.54 Å². The van der Waals surface area contributed by atoms with Crippen LogP contribution in [0.5, 0.6) is 0 Å². The third kappa shape index (κ3) is 3.82. The van der Waals surface area contributed by atoms with Gasteiger partial charge < -0.3 is 10.6 Å². The highest BCUT2D eigenvalue weighted by Crippen LogP contribution is 2.38. The maximum atomic E-state index is 12.5. The van der Waals surface area contributed by atoms with Crippen molar-refractivity contribution < 1.29 is 13.2 Å². The first-order valence-corrected chi connectivity index (χ1v) is 11.9. The highest BCUT2D eigenvalue weighted by Gasteiger charge is 2.30. The number of sulfonamides is 1. The number of nitrogens with one attached hydrogen (secondary N) is 3. The minimum atomic E-state index is -3.85. The van der Waals surface area contributed by atoms with Crippen molar-refractivity contribution in [2.24, 2.45) is 0 Å². The summed E-state index contributed by atoms with van der Waals surface area (Å²) in [6, 6.07) is 1.61. The molecule has 1 fully saturated rings. The van der Waals surface area contributed by atoms with Crippen LogP contribution >= 0.6 is 0 Å². The zero-order chi connectivity index (χ0) is 19.8. The van der Waals surface area contributed by atoms with Crippen LogP contribution in [0.3, 0.4) is 0 Å². The largest absolute Gasteiger partial charge is 0.333 e. The number of rotatable bonds is 5. The van der Waals surface area contributed by atoms with E-state index in [0.717, 1.165) is 75.4 Å². The maximum Gasteiger partial charge on any atom is 0.333 e. The van der Waals surface area contributed by atoms with E-state index in [1.165, 1.54) is 22.3 Å². The number of benzene rings is 1. The number of aryl methyl sites for hydroxylation is 2. The van der Waals surface area contributed by atoms with Crippen LogP contribution in [0, 0.1) is 0 Å². The Kier molecular flexibility index (Phi) is 5.22. The van der Waals surface area contributed by atoms with Gasteiger partial charge in [-0.15, -0.1) is 0 Å². The second kappa shape index (κ2) is 7.52. The summed E-state index contributed by atoms with van der Waals surface area (Å²) in [5.41, 5.74) is 5.54. The van der Waals surface area contributed by atoms with Crippen molar-refractivity contribution in [3.05, 3.63) is 39.8 Å². The number of hydrogen-bond donors (Lipinski definition) is 3. The van der Waals surface area contributed by atoms with E-state index in [1.807, 2.05) is 6.92 Å². The normalized spacial score (nSPS) is 23.8. The standard InChI is InChI=1S/C21H29N3O3S/c1-2-21(10-5-12-22-21)11-13-28(26,27)24-20(25)23-19-17-8-3-6-15(17)14-16-7-4-9-18(16)19/h11,13-14,22H,2-10,12H2,1H3,(H2,23,24,25)/b13-11+/t21-/m0/s1. The van der Waals surface area contributed by atoms with Gasteiger partial charge in [-0.1, -0.05) is 19.1 Å². The summed E-state index contributed by atoms with van der Waals surface area (Å²) in [7, 11) is -3.85. The van der Waals surface area contributed by atoms with Crippen LogP contribution in [0.4, 0.5) is 10.5 Å². The molecule has 0 unspecified atom stereocenters. The molecular weight excluding hydrogens is 374 g/mol. The highest BCUT2D eigenvalue weighted by atomic mass is 32.2. The fourth-order valence-corrected chi connectivity index (χ4v) is 5.70. The first-order chi connectivity index (χ1) is 13.4. The fraction of sp³-hybridized carbons (Fsp3) is 0.571. The first kappa shape index (κ1) is 19.5. The molecule has 0 spiro atoms. The van der Waals surface area contributed by atoms with E-state index < -0.39 is 16.1 Å². The average molecular weight is 404 g/mol. The quantitative estimate of drug-likeness (QED) is 0.705. The van der Waals surface area contributed by atoms with E-state index in [9.17, 15) is 13.2 Å². The average Bonchev–Trinajstić information content (AvgIpc) is 3.40. The van der Waals surface area contributed by atoms with Crippen molar-refractivity contribution in [1.29, 1.82) is 0 Å². The van der Waals surface area contributed by atoms with Crippen molar-refractivity contribution >= 4 is 21.7 Å². The third-order valence-electron chi connectivity index (χ3n) is 6.42. The SMILES string of the molecule is CC[C@@]1(/C=C/S(=O)(=O)NC(=O)Nc2c3c(cc4c2CCC4)CCC3)CCCN1. The van der Waals surface area contributed by atoms with E-state index in [4.69, 9.17) is 0 Å². The summed E-state index contributed by atoms with van der Waals surface area (Å²) in [5.74, 6) is 0. The van der Waals surface area contributed by atoms with Gasteiger partial charge >= 0.3 is 6.03 Å². The van der Waals surface area contributed by atoms with Crippen LogP contribution < -0.4 is 15.4 Å². The molecule has 0 saturated carbocycles. The molecular formula is C21H29N3O3S. The molecule has 1 aliphatic heterocycles. The van der Waals surface area contributed by atoms with E-state index in [1.54, 1.807) is 6.08 Å². The van der Waals surface area contributed by atoms with Crippen LogP contribution in [0.1, 0.15) is 61.3 Å². The zero-order valence-corrected chi connectivity index (χ0v) is 17.3. The smallest absolute Gasteiger partial charge is 0.308 e. The molecule has 1 atom stereocenters. The molecule has 6 nitrogen and oxygen atoms in total. The Morgan fingerprint density at radius 3 is 2.39 bits per heavy atom. The lowest BCUT2D eigenvalue weighted by atomic mass is 9.95. The number of carbonyl (C=O) groups excluding carboxylic acids is 1. The van der Waals surface area contributed by atoms with Crippen molar-refractivity contribution in [2.75, 3.05) is 11.9 Å². The molecule has 3 aliphatic rings. The van der Waals surface area contributed by atoms with Gasteiger partial charge in [-0.05, 0) is 86.6 Å². The van der Waals surface area contributed by atoms with E-state index in [0.29, 0.717) is 0 Å². The molecule has 28 heavy (non-hydrogen) atoms. The Hall–Kier alpha value is -1.86. The molecule has 1 heterocycles. The molecule has 2 amide bonds. The number of urea groups is 1. The molecule has 1 aromatic rings. The second-order valence-corrected chi connectivity index (χ2v) is 9.74. The summed E-state index contributed by atoms with van der Waals surface area (Å²) >= 11 is 0. The highest BCUT2D eigenvalue weighted by molar-refractivity contribution is 7.92. The van der Waals surface area contributed by atoms with Gasteiger partial charge in [0.1, 0.15) is 0 Å². The Bertz CT molecular complexity index is 883. The summed E-state index contributed by atoms with van der Waals surface area (Å²) in [4.78, 5) is 12.5. The molecule has 1 aromatic carbocycles. The number of amides is 2. The first-order valence-electron chi connectivity index (χ1n) is 10.4. The van der Waals surface area contributed by atoms with Crippen molar-refractivity contribution in [3.63, 3.8) is 0 Å². The number of carbonyl (C=O) groups is 1. The van der Waals surface area contributed by atoms with E-state index >= 15 is 0 Å². The molecule has 0 bridgehead atoms. The number of fused-ring (bicyclic) bond motifs is 2. The molecule has 2 aliphatic carbocycles. The lowest BCUT2D eigenvalue weighted by Gasteiger charge is -2.23. The third-order valence-corrected chi connectivity index (χ3v) is 7.38. The predicted molar refractivity (Wildman–Crippen MR) is 111 cm³/mol. The Morgan fingerprint density at radius 2 is 1.82 bits per heavy atom. The summed E-state index contributed by atoms with van der Waals surface area (Å²) < 4.78 is 27.0. The molecule has 0 aromatic heterocycles. The topological polar surface area (TPSA) is 87.3 Å². The molecule has 152 valence electrons. The van der Waals surface area contributed by atoms with Gasteiger partial charge in [-0.2, -0.15) is 0 Å². The Labute approximate surface area is 167 Å². The monoisotopic (exact) mass is 403 g/mol. The van der Waals surface area contributed by atoms with Gasteiger partial charge in [0.25, 0.3) is 10.0 Å². The lowest BCUT2D eigenvalue weighted by molar-refractivity contribution is 0.256. The minimum absolute atomic E-state index is 0.285. The van der Waals surface area contributed by atoms with E-state index in [2.05, 4.69) is 21.4 Å². The maximum absolute atomic E-state index is 12.5. The van der Waals surface area contributed by atoms with Gasteiger partial charge in [0.05, 0.1) is 0 Å². The Balaban J connectivity index is 1.49. The van der Waals surface area contributed by atoms with Gasteiger partial charge in [0.2, 0.25) is 0 Å². The molecule has 3 N–H and O–H groups in total. The fourth-order valence-electron chi connectivity index (χ4n) is 4.88. The van der Waals surface area contributed by atoms with Crippen LogP contribution in [0.15, 0.2) is 17.6 Å². The van der Waals surface area contributed by atoms with Crippen LogP contribution in [0.2, 0.25) is 0 Å². The van der Waals surface area contributed by atoms with Crippen LogP contribution in [-0.2, 0) is 35.7 Å². The van der Waals surface area contributed by atoms with Gasteiger partial charge in [-0.25, -0.2) is 17.9 Å².